The average molecular weight is 545 g/mol. The van der Waals surface area contributed by atoms with Crippen molar-refractivity contribution in [3.05, 3.63) is 65.8 Å². The van der Waals surface area contributed by atoms with Crippen molar-refractivity contribution in [1.29, 1.82) is 0 Å². The lowest BCUT2D eigenvalue weighted by molar-refractivity contribution is -0.104. The molecule has 2 N–H and O–H groups in total. The van der Waals surface area contributed by atoms with Gasteiger partial charge in [-0.1, -0.05) is 6.07 Å². The normalized spacial score (nSPS) is 15.3. The summed E-state index contributed by atoms with van der Waals surface area (Å²) in [5, 5.41) is 8.94. The predicted molar refractivity (Wildman–Crippen MR) is 155 cm³/mol. The first kappa shape index (κ1) is 27.6. The molecule has 1 fully saturated rings. The largest absolute Gasteiger partial charge is 0.493 e. The number of carbonyl (C=O) groups is 1. The van der Waals surface area contributed by atoms with Gasteiger partial charge in [0.1, 0.15) is 11.9 Å². The van der Waals surface area contributed by atoms with Crippen molar-refractivity contribution >= 4 is 23.4 Å². The van der Waals surface area contributed by atoms with Gasteiger partial charge >= 0.3 is 0 Å². The fraction of sp³-hybridized carbons (Fsp3) is 0.367. The molecule has 0 radical (unpaired) electrons. The van der Waals surface area contributed by atoms with Crippen molar-refractivity contribution in [3.8, 4) is 22.6 Å². The van der Waals surface area contributed by atoms with Crippen LogP contribution in [0.3, 0.4) is 0 Å². The minimum absolute atomic E-state index is 0.000761. The minimum atomic E-state index is -0.000761. The summed E-state index contributed by atoms with van der Waals surface area (Å²) in [6.45, 7) is 7.75. The molecule has 3 aromatic heterocycles. The predicted octanol–water partition coefficient (Wildman–Crippen LogP) is 3.71. The highest BCUT2D eigenvalue weighted by molar-refractivity contribution is 5.93. The van der Waals surface area contributed by atoms with E-state index in [2.05, 4.69) is 37.5 Å². The number of morpholine rings is 1. The molecule has 0 saturated carbocycles. The van der Waals surface area contributed by atoms with Crippen molar-refractivity contribution in [2.45, 2.75) is 19.5 Å². The Hall–Kier alpha value is -3.99. The van der Waals surface area contributed by atoms with E-state index in [0.717, 1.165) is 79.0 Å². The molecule has 1 atom stereocenters. The molecule has 4 heterocycles. The third-order valence-corrected chi connectivity index (χ3v) is 7.29. The maximum Gasteiger partial charge on any atom is 0.161 e. The van der Waals surface area contributed by atoms with E-state index in [4.69, 9.17) is 14.2 Å². The van der Waals surface area contributed by atoms with Gasteiger partial charge < -0.3 is 24.5 Å². The number of aromatic nitrogens is 4. The number of methoxy groups -OCH3 is 2. The van der Waals surface area contributed by atoms with Crippen LogP contribution in [0.25, 0.3) is 28.2 Å². The average Bonchev–Trinajstić information content (AvgIpc) is 3.65. The Kier molecular flexibility index (Phi) is 8.90. The fourth-order valence-electron chi connectivity index (χ4n) is 4.84. The molecule has 10 heteroatoms. The number of pyridine rings is 1. The van der Waals surface area contributed by atoms with Crippen LogP contribution in [0, 0.1) is 0 Å². The minimum Gasteiger partial charge on any atom is -0.493 e. The number of aromatic amines is 1. The molecule has 1 saturated heterocycles. The zero-order valence-corrected chi connectivity index (χ0v) is 23.2. The van der Waals surface area contributed by atoms with Gasteiger partial charge in [-0.25, -0.2) is 4.98 Å². The molecule has 1 aliphatic heterocycles. The lowest BCUT2D eigenvalue weighted by Gasteiger charge is -2.26. The molecule has 10 nitrogen and oxygen atoms in total. The van der Waals surface area contributed by atoms with Crippen molar-refractivity contribution in [2.75, 3.05) is 53.6 Å². The summed E-state index contributed by atoms with van der Waals surface area (Å²) in [5.41, 5.74) is 5.34. The van der Waals surface area contributed by atoms with Crippen LogP contribution in [0.5, 0.6) is 11.5 Å². The van der Waals surface area contributed by atoms with Gasteiger partial charge in [0.2, 0.25) is 0 Å². The molecule has 0 amide bonds. The number of nitrogens with one attached hydrogen (secondary N) is 2. The van der Waals surface area contributed by atoms with E-state index >= 15 is 0 Å². The summed E-state index contributed by atoms with van der Waals surface area (Å²) >= 11 is 0. The van der Waals surface area contributed by atoms with Gasteiger partial charge in [0.15, 0.2) is 11.5 Å². The van der Waals surface area contributed by atoms with Gasteiger partial charge in [-0.3, -0.25) is 14.4 Å². The van der Waals surface area contributed by atoms with Crippen molar-refractivity contribution in [3.63, 3.8) is 0 Å². The van der Waals surface area contributed by atoms with E-state index in [0.29, 0.717) is 23.6 Å². The molecule has 0 unspecified atom stereocenters. The van der Waals surface area contributed by atoms with Crippen molar-refractivity contribution in [1.82, 2.24) is 30.0 Å². The third-order valence-electron chi connectivity index (χ3n) is 7.29. The van der Waals surface area contributed by atoms with E-state index < -0.39 is 0 Å². The summed E-state index contributed by atoms with van der Waals surface area (Å²) < 4.78 is 18.2. The van der Waals surface area contributed by atoms with Crippen LogP contribution in [-0.2, 0) is 16.1 Å². The highest BCUT2D eigenvalue weighted by Gasteiger charge is 2.13. The quantitative estimate of drug-likeness (QED) is 0.205. The molecule has 210 valence electrons. The molecule has 4 aromatic rings. The van der Waals surface area contributed by atoms with Crippen LogP contribution in [0.2, 0.25) is 0 Å². The Morgan fingerprint density at radius 1 is 1.12 bits per heavy atom. The summed E-state index contributed by atoms with van der Waals surface area (Å²) in [6.07, 6.45) is 10.5. The number of carbonyl (C=O) groups excluding carboxylic acids is 1. The number of benzene rings is 1. The van der Waals surface area contributed by atoms with Gasteiger partial charge in [-0.2, -0.15) is 5.10 Å². The monoisotopic (exact) mass is 544 g/mol. The number of rotatable bonds is 12. The summed E-state index contributed by atoms with van der Waals surface area (Å²) in [4.78, 5) is 22.2. The zero-order valence-electron chi connectivity index (χ0n) is 23.2. The number of aldehydes is 1. The fourth-order valence-corrected chi connectivity index (χ4v) is 4.84. The standard InChI is InChI=1S/C30H36N6O4/c1-21(23-4-5-28(38-2)29(14-23)39-3)31-15-22(20-37)12-25-17-33-30-27(25)13-24(16-32-30)26-18-34-36(19-26)7-6-35-8-10-40-11-9-35/h4-5,12-14,16-21,31H,6-11,15H2,1-3H3,(H,32,33)/b22-12-/t21-/m1/s1. The molecule has 1 aliphatic rings. The lowest BCUT2D eigenvalue weighted by atomic mass is 10.1. The van der Waals surface area contributed by atoms with Crippen LogP contribution in [0.4, 0.5) is 0 Å². The molecule has 5 rings (SSSR count). The molecule has 0 spiro atoms. The lowest BCUT2D eigenvalue weighted by Crippen LogP contribution is -2.38. The number of nitrogens with zero attached hydrogens (tertiary/aromatic N) is 4. The number of ether oxygens (including phenoxy) is 3. The first-order valence-corrected chi connectivity index (χ1v) is 13.5. The Balaban J connectivity index is 1.27. The summed E-state index contributed by atoms with van der Waals surface area (Å²) in [5.74, 6) is 1.35. The highest BCUT2D eigenvalue weighted by atomic mass is 16.5. The first-order valence-electron chi connectivity index (χ1n) is 13.5. The summed E-state index contributed by atoms with van der Waals surface area (Å²) in [6, 6.07) is 7.90. The number of hydrogen-bond donors (Lipinski definition) is 2. The Morgan fingerprint density at radius 2 is 1.95 bits per heavy atom. The third kappa shape index (κ3) is 6.41. The van der Waals surface area contributed by atoms with E-state index in [1.807, 2.05) is 54.5 Å². The molecular formula is C30H36N6O4. The topological polar surface area (TPSA) is 107 Å². The molecule has 1 aromatic carbocycles. The van der Waals surface area contributed by atoms with Gasteiger partial charge in [0.05, 0.1) is 40.2 Å². The van der Waals surface area contributed by atoms with Crippen LogP contribution in [0.15, 0.2) is 54.6 Å². The second kappa shape index (κ2) is 12.9. The molecule has 0 bridgehead atoms. The Bertz CT molecular complexity index is 1470. The maximum absolute atomic E-state index is 12.0. The Morgan fingerprint density at radius 3 is 2.73 bits per heavy atom. The zero-order chi connectivity index (χ0) is 27.9. The van der Waals surface area contributed by atoms with E-state index in [9.17, 15) is 4.79 Å². The molecular weight excluding hydrogens is 508 g/mol. The molecule has 0 aliphatic carbocycles. The highest BCUT2D eigenvalue weighted by Crippen LogP contribution is 2.30. The van der Waals surface area contributed by atoms with Crippen LogP contribution >= 0.6 is 0 Å². The van der Waals surface area contributed by atoms with Crippen LogP contribution in [0.1, 0.15) is 24.1 Å². The maximum atomic E-state index is 12.0. The van der Waals surface area contributed by atoms with Crippen LogP contribution in [-0.4, -0.2) is 84.5 Å². The van der Waals surface area contributed by atoms with Crippen molar-refractivity contribution in [2.24, 2.45) is 0 Å². The van der Waals surface area contributed by atoms with Gasteiger partial charge in [0, 0.05) is 78.5 Å². The van der Waals surface area contributed by atoms with E-state index in [1.165, 1.54) is 0 Å². The second-order valence-corrected chi connectivity index (χ2v) is 9.86. The number of fused-ring (bicyclic) bond motifs is 1. The first-order chi connectivity index (χ1) is 19.6. The van der Waals surface area contributed by atoms with Crippen molar-refractivity contribution < 1.29 is 19.0 Å². The van der Waals surface area contributed by atoms with Gasteiger partial charge in [-0.05, 0) is 36.8 Å². The second-order valence-electron chi connectivity index (χ2n) is 9.86. The Labute approximate surface area is 233 Å². The van der Waals surface area contributed by atoms with Crippen LogP contribution < -0.4 is 14.8 Å². The molecule has 40 heavy (non-hydrogen) atoms. The number of H-pyrrole nitrogens is 1. The smallest absolute Gasteiger partial charge is 0.161 e. The van der Waals surface area contributed by atoms with Gasteiger partial charge in [0.25, 0.3) is 0 Å². The van der Waals surface area contributed by atoms with Gasteiger partial charge in [-0.15, -0.1) is 0 Å². The van der Waals surface area contributed by atoms with E-state index in [-0.39, 0.29) is 6.04 Å². The summed E-state index contributed by atoms with van der Waals surface area (Å²) in [7, 11) is 3.23. The number of hydrogen-bond acceptors (Lipinski definition) is 8. The van der Waals surface area contributed by atoms with E-state index in [1.54, 1.807) is 14.2 Å². The SMILES string of the molecule is COc1ccc([C@@H](C)NC/C(C=O)=C/c2c[nH]c3ncc(-c4cnn(CCN5CCOCC5)c4)cc23)cc1OC.